The lowest BCUT2D eigenvalue weighted by molar-refractivity contribution is 0.0635. The molecule has 1 fully saturated rings. The zero-order chi connectivity index (χ0) is 26.5. The van der Waals surface area contributed by atoms with Crippen molar-refractivity contribution in [3.63, 3.8) is 0 Å². The fraction of sp³-hybridized carbons (Fsp3) is 0.267. The molecule has 0 unspecified atom stereocenters. The zero-order valence-corrected chi connectivity index (χ0v) is 22.2. The molecule has 3 aromatic carbocycles. The molecule has 38 heavy (non-hydrogen) atoms. The minimum Gasteiger partial charge on any atom is -0.496 e. The van der Waals surface area contributed by atoms with Gasteiger partial charge in [0.2, 0.25) is 0 Å². The monoisotopic (exact) mass is 529 g/mol. The summed E-state index contributed by atoms with van der Waals surface area (Å²) < 4.78 is 32.1. The highest BCUT2D eigenvalue weighted by atomic mass is 32.2. The summed E-state index contributed by atoms with van der Waals surface area (Å²) in [5, 5.41) is 0.771. The minimum absolute atomic E-state index is 0.0998. The molecule has 0 radical (unpaired) electrons. The van der Waals surface area contributed by atoms with Crippen molar-refractivity contribution in [1.82, 2.24) is 14.8 Å². The van der Waals surface area contributed by atoms with Gasteiger partial charge in [0.15, 0.2) is 9.84 Å². The van der Waals surface area contributed by atoms with E-state index in [1.54, 1.807) is 42.6 Å². The molecule has 0 bridgehead atoms. The number of amides is 1. The van der Waals surface area contributed by atoms with Crippen LogP contribution in [-0.2, 0) is 22.0 Å². The molecule has 8 heteroatoms. The van der Waals surface area contributed by atoms with Crippen molar-refractivity contribution in [1.29, 1.82) is 0 Å². The number of nitrogens with zero attached hydrogens (tertiary/aromatic N) is 3. The number of hydrogen-bond acceptors (Lipinski definition) is 6. The maximum Gasteiger partial charge on any atom is 0.257 e. The molecule has 5 rings (SSSR count). The summed E-state index contributed by atoms with van der Waals surface area (Å²) in [5.74, 6) is 0.0654. The van der Waals surface area contributed by atoms with E-state index in [0.29, 0.717) is 35.5 Å². The molecule has 2 heterocycles. The predicted octanol–water partition coefficient (Wildman–Crippen LogP) is 4.22. The van der Waals surface area contributed by atoms with Crippen molar-refractivity contribution >= 4 is 26.6 Å². The normalized spacial score (nSPS) is 14.5. The molecule has 1 saturated heterocycles. The molecule has 4 aromatic rings. The summed E-state index contributed by atoms with van der Waals surface area (Å²) in [5.41, 5.74) is 2.77. The van der Waals surface area contributed by atoms with Crippen LogP contribution in [-0.4, -0.2) is 68.9 Å². The third kappa shape index (κ3) is 5.71. The lowest BCUT2D eigenvalue weighted by Crippen LogP contribution is -2.49. The quantitative estimate of drug-likeness (QED) is 0.340. The fourth-order valence-electron chi connectivity index (χ4n) is 4.90. The molecule has 0 aliphatic carbocycles. The van der Waals surface area contributed by atoms with Crippen molar-refractivity contribution < 1.29 is 17.9 Å². The van der Waals surface area contributed by atoms with Crippen LogP contribution in [0.1, 0.15) is 21.5 Å². The standard InChI is InChI=1S/C30H31N3O4S/c1-37-27-21-24(22-38(35,36)28-11-5-9-25-10-6-15-31-29(25)28)12-13-26(27)30(34)33-19-17-32(18-20-33)16-14-23-7-3-2-4-8-23/h2-13,15,21H,14,16-20,22H2,1H3. The molecular formula is C30H31N3O4S. The Hall–Kier alpha value is -3.75. The first kappa shape index (κ1) is 25.9. The molecule has 1 aliphatic heterocycles. The smallest absolute Gasteiger partial charge is 0.257 e. The molecule has 1 amide bonds. The van der Waals surface area contributed by atoms with E-state index in [1.807, 2.05) is 23.1 Å². The van der Waals surface area contributed by atoms with Crippen molar-refractivity contribution in [3.05, 3.63) is 102 Å². The number of pyridine rings is 1. The van der Waals surface area contributed by atoms with E-state index >= 15 is 0 Å². The van der Waals surface area contributed by atoms with Crippen LogP contribution >= 0.6 is 0 Å². The number of sulfone groups is 1. The molecule has 0 spiro atoms. The minimum atomic E-state index is -3.67. The van der Waals surface area contributed by atoms with Crippen molar-refractivity contribution in [3.8, 4) is 5.75 Å². The Morgan fingerprint density at radius 1 is 0.895 bits per heavy atom. The van der Waals surface area contributed by atoms with Crippen molar-refractivity contribution in [2.75, 3.05) is 39.8 Å². The SMILES string of the molecule is COc1cc(CS(=O)(=O)c2cccc3cccnc23)ccc1C(=O)N1CCN(CCc2ccccc2)CC1. The maximum absolute atomic E-state index is 13.3. The Balaban J connectivity index is 1.25. The average Bonchev–Trinajstić information content (AvgIpc) is 2.96. The summed E-state index contributed by atoms with van der Waals surface area (Å²) in [4.78, 5) is 22.0. The van der Waals surface area contributed by atoms with Crippen LogP contribution in [0.15, 0.2) is 90.0 Å². The van der Waals surface area contributed by atoms with Gasteiger partial charge < -0.3 is 9.64 Å². The second-order valence-corrected chi connectivity index (χ2v) is 11.5. The van der Waals surface area contributed by atoms with Gasteiger partial charge in [0.25, 0.3) is 5.91 Å². The van der Waals surface area contributed by atoms with Gasteiger partial charge in [-0.25, -0.2) is 8.42 Å². The third-order valence-corrected chi connectivity index (χ3v) is 8.72. The highest BCUT2D eigenvalue weighted by Gasteiger charge is 2.25. The number of methoxy groups -OCH3 is 1. The van der Waals surface area contributed by atoms with Crippen LogP contribution < -0.4 is 4.74 Å². The summed E-state index contributed by atoms with van der Waals surface area (Å²) >= 11 is 0. The van der Waals surface area contributed by atoms with Gasteiger partial charge in [-0.05, 0) is 41.8 Å². The van der Waals surface area contributed by atoms with E-state index in [2.05, 4.69) is 34.1 Å². The number of para-hydroxylation sites is 1. The molecule has 0 saturated carbocycles. The number of piperazine rings is 1. The number of fused-ring (bicyclic) bond motifs is 1. The highest BCUT2D eigenvalue weighted by molar-refractivity contribution is 7.90. The van der Waals surface area contributed by atoms with Crippen molar-refractivity contribution in [2.24, 2.45) is 0 Å². The summed E-state index contributed by atoms with van der Waals surface area (Å²) in [6.45, 7) is 3.87. The zero-order valence-electron chi connectivity index (χ0n) is 21.4. The van der Waals surface area contributed by atoms with Gasteiger partial charge in [0.05, 0.1) is 28.8 Å². The lowest BCUT2D eigenvalue weighted by atomic mass is 10.1. The Kier molecular flexibility index (Phi) is 7.72. The Morgan fingerprint density at radius 3 is 2.42 bits per heavy atom. The van der Waals surface area contributed by atoms with Crippen LogP contribution in [0.3, 0.4) is 0 Å². The number of hydrogen-bond donors (Lipinski definition) is 0. The van der Waals surface area contributed by atoms with E-state index in [0.717, 1.165) is 31.4 Å². The molecule has 1 aliphatic rings. The van der Waals surface area contributed by atoms with Crippen LogP contribution in [0, 0.1) is 0 Å². The summed E-state index contributed by atoms with van der Waals surface area (Å²) in [6.07, 6.45) is 2.58. The van der Waals surface area contributed by atoms with Gasteiger partial charge in [-0.3, -0.25) is 14.7 Å². The van der Waals surface area contributed by atoms with Gasteiger partial charge in [0.1, 0.15) is 5.75 Å². The van der Waals surface area contributed by atoms with Gasteiger partial charge in [-0.1, -0.05) is 54.6 Å². The van der Waals surface area contributed by atoms with E-state index in [1.165, 1.54) is 12.7 Å². The average molecular weight is 530 g/mol. The van der Waals surface area contributed by atoms with E-state index in [-0.39, 0.29) is 16.6 Å². The highest BCUT2D eigenvalue weighted by Crippen LogP contribution is 2.28. The maximum atomic E-state index is 13.3. The largest absolute Gasteiger partial charge is 0.496 e. The van der Waals surface area contributed by atoms with Crippen LogP contribution in [0.5, 0.6) is 5.75 Å². The molecule has 7 nitrogen and oxygen atoms in total. The predicted molar refractivity (Wildman–Crippen MR) is 148 cm³/mol. The molecular weight excluding hydrogens is 498 g/mol. The summed E-state index contributed by atoms with van der Waals surface area (Å²) in [6, 6.07) is 24.2. The van der Waals surface area contributed by atoms with Gasteiger partial charge >= 0.3 is 0 Å². The Bertz CT molecular complexity index is 1530. The van der Waals surface area contributed by atoms with Gasteiger partial charge in [-0.15, -0.1) is 0 Å². The van der Waals surface area contributed by atoms with E-state index in [4.69, 9.17) is 4.74 Å². The van der Waals surface area contributed by atoms with E-state index in [9.17, 15) is 13.2 Å². The number of carbonyl (C=O) groups is 1. The third-order valence-electron chi connectivity index (χ3n) is 7.00. The molecule has 196 valence electrons. The lowest BCUT2D eigenvalue weighted by Gasteiger charge is -2.35. The number of ether oxygens (including phenoxy) is 1. The first-order valence-electron chi connectivity index (χ1n) is 12.7. The van der Waals surface area contributed by atoms with Crippen molar-refractivity contribution in [2.45, 2.75) is 17.1 Å². The Labute approximate surface area is 223 Å². The van der Waals surface area contributed by atoms with Gasteiger partial charge in [-0.2, -0.15) is 0 Å². The van der Waals surface area contributed by atoms with Crippen LogP contribution in [0.2, 0.25) is 0 Å². The molecule has 0 atom stereocenters. The molecule has 1 aromatic heterocycles. The topological polar surface area (TPSA) is 79.8 Å². The first-order valence-corrected chi connectivity index (χ1v) is 14.4. The van der Waals surface area contributed by atoms with E-state index < -0.39 is 9.84 Å². The summed E-state index contributed by atoms with van der Waals surface area (Å²) in [7, 11) is -2.17. The van der Waals surface area contributed by atoms with Crippen LogP contribution in [0.25, 0.3) is 10.9 Å². The second kappa shape index (κ2) is 11.3. The molecule has 0 N–H and O–H groups in total. The number of carbonyl (C=O) groups excluding carboxylic acids is 1. The van der Waals surface area contributed by atoms with Crippen LogP contribution in [0.4, 0.5) is 0 Å². The second-order valence-electron chi connectivity index (χ2n) is 9.49. The fourth-order valence-corrected chi connectivity index (χ4v) is 6.43. The number of rotatable bonds is 8. The number of benzene rings is 3. The van der Waals surface area contributed by atoms with Gasteiger partial charge in [0, 0.05) is 44.3 Å². The Morgan fingerprint density at radius 2 is 1.66 bits per heavy atom. The first-order chi connectivity index (χ1) is 18.4. The number of aromatic nitrogens is 1.